The summed E-state index contributed by atoms with van der Waals surface area (Å²) in [6.45, 7) is 2.98. The van der Waals surface area contributed by atoms with Crippen LogP contribution in [0.5, 0.6) is 0 Å². The molecule has 2 N–H and O–H groups in total. The predicted octanol–water partition coefficient (Wildman–Crippen LogP) is 3.18. The van der Waals surface area contributed by atoms with Crippen molar-refractivity contribution in [1.29, 1.82) is 0 Å². The second-order valence-corrected chi connectivity index (χ2v) is 9.63. The van der Waals surface area contributed by atoms with E-state index in [1.54, 1.807) is 41.3 Å². The van der Waals surface area contributed by atoms with Crippen LogP contribution in [-0.4, -0.2) is 50.6 Å². The zero-order valence-electron chi connectivity index (χ0n) is 17.6. The number of likely N-dealkylation sites (tertiary alicyclic amines) is 1. The minimum absolute atomic E-state index is 0. The number of hydrogen-bond acceptors (Lipinski definition) is 4. The number of urea groups is 1. The number of hydrogen-bond donors (Lipinski definition) is 2. The highest BCUT2D eigenvalue weighted by atomic mass is 35.5. The van der Waals surface area contributed by atoms with E-state index < -0.39 is 9.84 Å². The number of nitrogens with zero attached hydrogens (tertiary/aromatic N) is 1. The second kappa shape index (κ2) is 10.6. The van der Waals surface area contributed by atoms with Crippen LogP contribution in [0.4, 0.5) is 4.79 Å². The molecule has 168 valence electrons. The Labute approximate surface area is 189 Å². The van der Waals surface area contributed by atoms with E-state index in [2.05, 4.69) is 10.6 Å². The summed E-state index contributed by atoms with van der Waals surface area (Å²) in [6.07, 6.45) is 2.56. The zero-order valence-corrected chi connectivity index (χ0v) is 19.2. The van der Waals surface area contributed by atoms with Crippen molar-refractivity contribution in [3.05, 3.63) is 65.7 Å². The van der Waals surface area contributed by atoms with Crippen molar-refractivity contribution in [1.82, 2.24) is 15.5 Å². The van der Waals surface area contributed by atoms with Crippen molar-refractivity contribution in [3.8, 4) is 0 Å². The summed E-state index contributed by atoms with van der Waals surface area (Å²) in [5.74, 6) is -0.0929. The molecule has 1 heterocycles. The van der Waals surface area contributed by atoms with E-state index in [4.69, 9.17) is 0 Å². The number of sulfone groups is 1. The Bertz CT molecular complexity index is 989. The molecular weight excluding hydrogens is 438 g/mol. The molecule has 1 aliphatic heterocycles. The number of nitrogens with one attached hydrogen (secondary N) is 2. The van der Waals surface area contributed by atoms with Gasteiger partial charge >= 0.3 is 6.03 Å². The minimum atomic E-state index is -3.24. The lowest BCUT2D eigenvalue weighted by Crippen LogP contribution is -2.49. The zero-order chi connectivity index (χ0) is 21.7. The standard InChI is InChI=1S/C22H27N3O4S.ClH/c1-16(17-8-10-20(11-9-17)30(2,28)29)23-22(27)25-14-12-19(13-15-25)24-21(26)18-6-4-3-5-7-18;/h3-11,16,19H,12-15H2,1-2H3,(H,23,27)(H,24,26);1H. The Morgan fingerprint density at radius 2 is 1.58 bits per heavy atom. The molecule has 31 heavy (non-hydrogen) atoms. The number of carbonyl (C=O) groups is 2. The Morgan fingerprint density at radius 3 is 2.13 bits per heavy atom. The first kappa shape index (κ1) is 24.7. The topological polar surface area (TPSA) is 95.6 Å². The van der Waals surface area contributed by atoms with Crippen molar-refractivity contribution in [3.63, 3.8) is 0 Å². The van der Waals surface area contributed by atoms with Gasteiger partial charge in [0.1, 0.15) is 0 Å². The van der Waals surface area contributed by atoms with Crippen LogP contribution in [0.15, 0.2) is 59.5 Å². The minimum Gasteiger partial charge on any atom is -0.349 e. The van der Waals surface area contributed by atoms with Crippen LogP contribution in [0, 0.1) is 0 Å². The molecule has 1 atom stereocenters. The summed E-state index contributed by atoms with van der Waals surface area (Å²) in [6, 6.07) is 15.3. The summed E-state index contributed by atoms with van der Waals surface area (Å²) >= 11 is 0. The molecule has 0 radical (unpaired) electrons. The van der Waals surface area contributed by atoms with E-state index in [0.717, 1.165) is 5.56 Å². The van der Waals surface area contributed by atoms with Crippen LogP contribution in [0.3, 0.4) is 0 Å². The molecule has 1 fully saturated rings. The van der Waals surface area contributed by atoms with Crippen molar-refractivity contribution in [2.75, 3.05) is 19.3 Å². The molecule has 7 nitrogen and oxygen atoms in total. The van der Waals surface area contributed by atoms with Crippen LogP contribution < -0.4 is 10.6 Å². The molecule has 3 rings (SSSR count). The molecule has 0 spiro atoms. The smallest absolute Gasteiger partial charge is 0.317 e. The van der Waals surface area contributed by atoms with Gasteiger partial charge in [0.2, 0.25) is 0 Å². The average molecular weight is 466 g/mol. The predicted molar refractivity (Wildman–Crippen MR) is 122 cm³/mol. The molecule has 3 amide bonds. The lowest BCUT2D eigenvalue weighted by molar-refractivity contribution is 0.0917. The molecule has 0 bridgehead atoms. The van der Waals surface area contributed by atoms with Gasteiger partial charge in [0.25, 0.3) is 5.91 Å². The SMILES string of the molecule is CC(NC(=O)N1CCC(NC(=O)c2ccccc2)CC1)c1ccc(S(C)(=O)=O)cc1.Cl. The van der Waals surface area contributed by atoms with E-state index in [1.165, 1.54) is 6.26 Å². The Kier molecular flexibility index (Phi) is 8.47. The molecule has 1 saturated heterocycles. The fraction of sp³-hybridized carbons (Fsp3) is 0.364. The Morgan fingerprint density at radius 1 is 1.00 bits per heavy atom. The summed E-state index contributed by atoms with van der Waals surface area (Å²) in [5.41, 5.74) is 1.47. The fourth-order valence-corrected chi connectivity index (χ4v) is 4.08. The van der Waals surface area contributed by atoms with E-state index in [9.17, 15) is 18.0 Å². The van der Waals surface area contributed by atoms with Crippen LogP contribution in [-0.2, 0) is 9.84 Å². The van der Waals surface area contributed by atoms with Gasteiger partial charge in [-0.1, -0.05) is 30.3 Å². The van der Waals surface area contributed by atoms with Crippen LogP contribution in [0.25, 0.3) is 0 Å². The molecule has 0 aromatic heterocycles. The average Bonchev–Trinajstić information content (AvgIpc) is 2.74. The maximum absolute atomic E-state index is 12.6. The summed E-state index contributed by atoms with van der Waals surface area (Å²) in [5, 5.41) is 5.99. The lowest BCUT2D eigenvalue weighted by Gasteiger charge is -2.33. The van der Waals surface area contributed by atoms with E-state index in [0.29, 0.717) is 31.5 Å². The Balaban J connectivity index is 0.00000341. The number of halogens is 1. The molecule has 0 aliphatic carbocycles. The van der Waals surface area contributed by atoms with E-state index in [-0.39, 0.29) is 41.3 Å². The van der Waals surface area contributed by atoms with Gasteiger partial charge in [0.15, 0.2) is 9.84 Å². The highest BCUT2D eigenvalue weighted by Crippen LogP contribution is 2.18. The van der Waals surface area contributed by atoms with Crippen molar-refractivity contribution in [2.45, 2.75) is 36.7 Å². The molecule has 1 unspecified atom stereocenters. The van der Waals surface area contributed by atoms with E-state index >= 15 is 0 Å². The quantitative estimate of drug-likeness (QED) is 0.708. The highest BCUT2D eigenvalue weighted by molar-refractivity contribution is 7.90. The van der Waals surface area contributed by atoms with Crippen molar-refractivity contribution in [2.24, 2.45) is 0 Å². The van der Waals surface area contributed by atoms with E-state index in [1.807, 2.05) is 25.1 Å². The molecular formula is C22H28ClN3O4S. The van der Waals surface area contributed by atoms with Crippen molar-refractivity contribution < 1.29 is 18.0 Å². The van der Waals surface area contributed by atoms with Gasteiger partial charge in [0.05, 0.1) is 10.9 Å². The van der Waals surface area contributed by atoms with Gasteiger partial charge in [-0.3, -0.25) is 4.79 Å². The van der Waals surface area contributed by atoms with Gasteiger partial charge in [-0.05, 0) is 49.6 Å². The van der Waals surface area contributed by atoms with Gasteiger partial charge < -0.3 is 15.5 Å². The Hall–Kier alpha value is -2.58. The monoisotopic (exact) mass is 465 g/mol. The first-order chi connectivity index (χ1) is 14.2. The third kappa shape index (κ3) is 6.70. The third-order valence-corrected chi connectivity index (χ3v) is 6.43. The largest absolute Gasteiger partial charge is 0.349 e. The number of carbonyl (C=O) groups excluding carboxylic acids is 2. The number of rotatable bonds is 5. The second-order valence-electron chi connectivity index (χ2n) is 7.61. The first-order valence-corrected chi connectivity index (χ1v) is 11.8. The number of benzene rings is 2. The maximum Gasteiger partial charge on any atom is 0.317 e. The van der Waals surface area contributed by atoms with Crippen molar-refractivity contribution >= 4 is 34.2 Å². The lowest BCUT2D eigenvalue weighted by atomic mass is 10.0. The van der Waals surface area contributed by atoms with Gasteiger partial charge in [0, 0.05) is 31.0 Å². The van der Waals surface area contributed by atoms with Gasteiger partial charge in [-0.2, -0.15) is 0 Å². The molecule has 0 saturated carbocycles. The fourth-order valence-electron chi connectivity index (χ4n) is 3.45. The molecule has 1 aliphatic rings. The number of piperidine rings is 1. The maximum atomic E-state index is 12.6. The van der Waals surface area contributed by atoms with Gasteiger partial charge in [-0.25, -0.2) is 13.2 Å². The first-order valence-electron chi connectivity index (χ1n) is 9.95. The summed E-state index contributed by atoms with van der Waals surface area (Å²) in [7, 11) is -3.24. The van der Waals surface area contributed by atoms with Crippen LogP contribution in [0.2, 0.25) is 0 Å². The van der Waals surface area contributed by atoms with Crippen LogP contribution in [0.1, 0.15) is 41.7 Å². The molecule has 2 aromatic carbocycles. The highest BCUT2D eigenvalue weighted by Gasteiger charge is 2.25. The molecule has 9 heteroatoms. The number of amides is 3. The summed E-state index contributed by atoms with van der Waals surface area (Å²) in [4.78, 5) is 26.9. The normalized spacial score (nSPS) is 15.5. The summed E-state index contributed by atoms with van der Waals surface area (Å²) < 4.78 is 23.1. The third-order valence-electron chi connectivity index (χ3n) is 5.30. The van der Waals surface area contributed by atoms with Gasteiger partial charge in [-0.15, -0.1) is 12.4 Å². The molecule has 2 aromatic rings. The van der Waals surface area contributed by atoms with Crippen LogP contribution >= 0.6 is 12.4 Å².